The molecule has 0 atom stereocenters. The summed E-state index contributed by atoms with van der Waals surface area (Å²) in [5.74, 6) is 1.76. The van der Waals surface area contributed by atoms with Crippen LogP contribution in [-0.4, -0.2) is 28.3 Å². The van der Waals surface area contributed by atoms with Gasteiger partial charge in [-0.15, -0.1) is 5.10 Å². The van der Waals surface area contributed by atoms with Crippen LogP contribution in [0.15, 0.2) is 47.3 Å². The first-order valence-corrected chi connectivity index (χ1v) is 10.4. The number of ether oxygens (including phenoxy) is 2. The van der Waals surface area contributed by atoms with Gasteiger partial charge in [0.1, 0.15) is 0 Å². The molecule has 2 aromatic carbocycles. The largest absolute Gasteiger partial charge is 0.493 e. The third kappa shape index (κ3) is 4.22. The van der Waals surface area contributed by atoms with Crippen molar-refractivity contribution in [2.24, 2.45) is 0 Å². The van der Waals surface area contributed by atoms with Crippen molar-refractivity contribution >= 4 is 46.1 Å². The summed E-state index contributed by atoms with van der Waals surface area (Å²) in [4.78, 5) is 17.7. The SMILES string of the molecule is CCOc1ccc(/C=c2/sc3nc(/C=C/c4ccc(Cl)cc4)nn3c2=O)cc1OC. The van der Waals surface area contributed by atoms with E-state index < -0.39 is 0 Å². The molecule has 0 aliphatic heterocycles. The monoisotopic (exact) mass is 439 g/mol. The second-order valence-electron chi connectivity index (χ2n) is 6.31. The van der Waals surface area contributed by atoms with E-state index in [2.05, 4.69) is 10.1 Å². The highest BCUT2D eigenvalue weighted by molar-refractivity contribution is 7.15. The zero-order valence-corrected chi connectivity index (χ0v) is 17.9. The molecule has 0 aliphatic carbocycles. The molecule has 0 N–H and O–H groups in total. The maximum Gasteiger partial charge on any atom is 0.291 e. The Morgan fingerprint density at radius 2 is 1.87 bits per heavy atom. The van der Waals surface area contributed by atoms with Gasteiger partial charge in [0.2, 0.25) is 4.96 Å². The number of fused-ring (bicyclic) bond motifs is 1. The van der Waals surface area contributed by atoms with E-state index >= 15 is 0 Å². The van der Waals surface area contributed by atoms with Gasteiger partial charge in [-0.1, -0.05) is 47.2 Å². The Balaban J connectivity index is 1.64. The van der Waals surface area contributed by atoms with Crippen LogP contribution in [-0.2, 0) is 0 Å². The first kappa shape index (κ1) is 20.1. The molecule has 0 fully saturated rings. The first-order chi connectivity index (χ1) is 14.6. The van der Waals surface area contributed by atoms with Crippen molar-refractivity contribution in [2.45, 2.75) is 6.92 Å². The van der Waals surface area contributed by atoms with Crippen LogP contribution in [0.3, 0.4) is 0 Å². The summed E-state index contributed by atoms with van der Waals surface area (Å²) in [6, 6.07) is 13.0. The molecule has 0 amide bonds. The second kappa shape index (κ2) is 8.69. The minimum Gasteiger partial charge on any atom is -0.493 e. The lowest BCUT2D eigenvalue weighted by Crippen LogP contribution is -2.23. The van der Waals surface area contributed by atoms with Crippen molar-refractivity contribution < 1.29 is 9.47 Å². The molecule has 0 radical (unpaired) electrons. The summed E-state index contributed by atoms with van der Waals surface area (Å²) < 4.78 is 12.8. The van der Waals surface area contributed by atoms with Gasteiger partial charge in [-0.05, 0) is 54.5 Å². The molecule has 4 aromatic rings. The number of thiazole rings is 1. The van der Waals surface area contributed by atoms with Crippen LogP contribution in [0.2, 0.25) is 5.02 Å². The summed E-state index contributed by atoms with van der Waals surface area (Å²) in [5, 5.41) is 4.98. The van der Waals surface area contributed by atoms with Gasteiger partial charge in [0.25, 0.3) is 5.56 Å². The maximum absolute atomic E-state index is 12.7. The van der Waals surface area contributed by atoms with E-state index in [9.17, 15) is 4.79 Å². The topological polar surface area (TPSA) is 65.7 Å². The molecular weight excluding hydrogens is 422 g/mol. The van der Waals surface area contributed by atoms with Crippen molar-refractivity contribution in [3.05, 3.63) is 79.3 Å². The van der Waals surface area contributed by atoms with Crippen molar-refractivity contribution in [1.29, 1.82) is 0 Å². The lowest BCUT2D eigenvalue weighted by Gasteiger charge is -2.09. The molecule has 2 aromatic heterocycles. The molecule has 0 unspecified atom stereocenters. The number of hydrogen-bond donors (Lipinski definition) is 0. The average molecular weight is 440 g/mol. The number of halogens is 1. The number of methoxy groups -OCH3 is 1. The Morgan fingerprint density at radius 1 is 1.10 bits per heavy atom. The molecule has 0 saturated heterocycles. The Labute approximate surface area is 181 Å². The lowest BCUT2D eigenvalue weighted by atomic mass is 10.2. The van der Waals surface area contributed by atoms with E-state index in [0.717, 1.165) is 11.1 Å². The zero-order valence-electron chi connectivity index (χ0n) is 16.3. The van der Waals surface area contributed by atoms with Crippen molar-refractivity contribution in [1.82, 2.24) is 14.6 Å². The van der Waals surface area contributed by atoms with Crippen LogP contribution >= 0.6 is 22.9 Å². The molecule has 0 spiro atoms. The van der Waals surface area contributed by atoms with Crippen molar-refractivity contribution in [2.75, 3.05) is 13.7 Å². The minimum absolute atomic E-state index is 0.207. The van der Waals surface area contributed by atoms with Crippen molar-refractivity contribution in [3.8, 4) is 11.5 Å². The second-order valence-corrected chi connectivity index (χ2v) is 7.75. The van der Waals surface area contributed by atoms with Crippen LogP contribution in [0.4, 0.5) is 0 Å². The van der Waals surface area contributed by atoms with Crippen LogP contribution in [0.25, 0.3) is 23.2 Å². The van der Waals surface area contributed by atoms with Crippen molar-refractivity contribution in [3.63, 3.8) is 0 Å². The minimum atomic E-state index is -0.207. The van der Waals surface area contributed by atoms with Gasteiger partial charge < -0.3 is 9.47 Å². The molecule has 0 aliphatic rings. The smallest absolute Gasteiger partial charge is 0.291 e. The highest BCUT2D eigenvalue weighted by Gasteiger charge is 2.10. The fraction of sp³-hybridized carbons (Fsp3) is 0.136. The summed E-state index contributed by atoms with van der Waals surface area (Å²) in [7, 11) is 1.59. The standard InChI is InChI=1S/C22H18ClN3O3S/c1-3-29-17-10-6-15(12-18(17)28-2)13-19-21(27)26-22(30-19)24-20(25-26)11-7-14-4-8-16(23)9-5-14/h4-13H,3H2,1-2H3/b11-7+,19-13+. The Bertz CT molecular complexity index is 1330. The third-order valence-corrected chi connectivity index (χ3v) is 5.49. The third-order valence-electron chi connectivity index (χ3n) is 4.28. The predicted molar refractivity (Wildman–Crippen MR) is 120 cm³/mol. The molecule has 0 bridgehead atoms. The molecule has 8 heteroatoms. The van der Waals surface area contributed by atoms with E-state index in [4.69, 9.17) is 21.1 Å². The lowest BCUT2D eigenvalue weighted by molar-refractivity contribution is 0.311. The van der Waals surface area contributed by atoms with Gasteiger partial charge in [0, 0.05) is 5.02 Å². The Kier molecular flexibility index (Phi) is 5.83. The normalized spacial score (nSPS) is 12.2. The number of benzene rings is 2. The Hall–Kier alpha value is -3.16. The summed E-state index contributed by atoms with van der Waals surface area (Å²) >= 11 is 7.18. The number of rotatable bonds is 6. The number of hydrogen-bond acceptors (Lipinski definition) is 6. The highest BCUT2D eigenvalue weighted by Crippen LogP contribution is 2.28. The van der Waals surface area contributed by atoms with E-state index in [0.29, 0.717) is 38.4 Å². The summed E-state index contributed by atoms with van der Waals surface area (Å²) in [6.07, 6.45) is 5.44. The molecule has 0 saturated carbocycles. The molecule has 6 nitrogen and oxygen atoms in total. The zero-order chi connectivity index (χ0) is 21.1. The summed E-state index contributed by atoms with van der Waals surface area (Å²) in [5.41, 5.74) is 1.60. The predicted octanol–water partition coefficient (Wildman–Crippen LogP) is 3.93. The molecule has 152 valence electrons. The molecular formula is C22H18ClN3O3S. The fourth-order valence-corrected chi connectivity index (χ4v) is 3.91. The van der Waals surface area contributed by atoms with Gasteiger partial charge in [-0.3, -0.25) is 4.79 Å². The van der Waals surface area contributed by atoms with Gasteiger partial charge in [-0.25, -0.2) is 0 Å². The molecule has 30 heavy (non-hydrogen) atoms. The first-order valence-electron chi connectivity index (χ1n) is 9.23. The quantitative estimate of drug-likeness (QED) is 0.455. The van der Waals surface area contributed by atoms with Crippen LogP contribution in [0.1, 0.15) is 23.9 Å². The van der Waals surface area contributed by atoms with E-state index in [1.165, 1.54) is 15.9 Å². The van der Waals surface area contributed by atoms with Crippen LogP contribution in [0, 0.1) is 0 Å². The van der Waals surface area contributed by atoms with E-state index in [-0.39, 0.29) is 5.56 Å². The van der Waals surface area contributed by atoms with Gasteiger partial charge in [-0.2, -0.15) is 9.50 Å². The number of nitrogens with zero attached hydrogens (tertiary/aromatic N) is 3. The van der Waals surface area contributed by atoms with Gasteiger partial charge >= 0.3 is 0 Å². The van der Waals surface area contributed by atoms with Crippen LogP contribution < -0.4 is 19.6 Å². The molecule has 2 heterocycles. The average Bonchev–Trinajstić information content (AvgIpc) is 3.27. The maximum atomic E-state index is 12.7. The van der Waals surface area contributed by atoms with E-state index in [1.54, 1.807) is 19.3 Å². The summed E-state index contributed by atoms with van der Waals surface area (Å²) in [6.45, 7) is 2.46. The number of aromatic nitrogens is 3. The van der Waals surface area contributed by atoms with Gasteiger partial charge in [0.05, 0.1) is 18.2 Å². The van der Waals surface area contributed by atoms with Crippen LogP contribution in [0.5, 0.6) is 11.5 Å². The molecule has 4 rings (SSSR count). The Morgan fingerprint density at radius 3 is 2.57 bits per heavy atom. The van der Waals surface area contributed by atoms with E-state index in [1.807, 2.05) is 55.5 Å². The fourth-order valence-electron chi connectivity index (χ4n) is 2.86. The van der Waals surface area contributed by atoms with Gasteiger partial charge in [0.15, 0.2) is 17.3 Å². The highest BCUT2D eigenvalue weighted by atomic mass is 35.5.